The fourth-order valence-electron chi connectivity index (χ4n) is 3.88. The van der Waals surface area contributed by atoms with Crippen LogP contribution in [-0.2, 0) is 6.61 Å². The third-order valence-corrected chi connectivity index (χ3v) is 5.79. The van der Waals surface area contributed by atoms with E-state index in [1.165, 1.54) is 7.11 Å². The lowest BCUT2D eigenvalue weighted by molar-refractivity contribution is 0.102. The Morgan fingerprint density at radius 2 is 1.83 bits per heavy atom. The maximum Gasteiger partial charge on any atom is 0.256 e. The number of hydrogen-bond donors (Lipinski definition) is 1. The van der Waals surface area contributed by atoms with Crippen LogP contribution in [0.4, 0.5) is 5.82 Å². The number of methoxy groups -OCH3 is 1. The summed E-state index contributed by atoms with van der Waals surface area (Å²) in [6, 6.07) is 20.5. The number of nitrogens with zero attached hydrogens (tertiary/aromatic N) is 3. The van der Waals surface area contributed by atoms with Crippen LogP contribution >= 0.6 is 0 Å². The fourth-order valence-corrected chi connectivity index (χ4v) is 3.88. The summed E-state index contributed by atoms with van der Waals surface area (Å²) in [6.07, 6.45) is 1.87. The molecule has 176 valence electrons. The first-order valence-electron chi connectivity index (χ1n) is 11.1. The number of imidazole rings is 1. The molecule has 0 saturated heterocycles. The van der Waals surface area contributed by atoms with Crippen LogP contribution in [0.3, 0.4) is 0 Å². The largest absolute Gasteiger partial charge is 0.493 e. The molecule has 1 N–H and O–H groups in total. The highest BCUT2D eigenvalue weighted by Gasteiger charge is 2.19. The van der Waals surface area contributed by atoms with Crippen LogP contribution in [0.5, 0.6) is 11.5 Å². The Morgan fingerprint density at radius 1 is 1.03 bits per heavy atom. The number of anilines is 1. The second-order valence-electron chi connectivity index (χ2n) is 8.02. The predicted octanol–water partition coefficient (Wildman–Crippen LogP) is 5.45. The zero-order valence-electron chi connectivity index (χ0n) is 19.6. The van der Waals surface area contributed by atoms with Crippen molar-refractivity contribution >= 4 is 17.4 Å². The molecule has 0 radical (unpaired) electrons. The van der Waals surface area contributed by atoms with E-state index >= 15 is 0 Å². The third kappa shape index (κ3) is 4.33. The second-order valence-corrected chi connectivity index (χ2v) is 8.02. The summed E-state index contributed by atoms with van der Waals surface area (Å²) in [7, 11) is 1.54. The van der Waals surface area contributed by atoms with E-state index in [-0.39, 0.29) is 12.5 Å². The van der Waals surface area contributed by atoms with E-state index in [9.17, 15) is 4.79 Å². The molecule has 5 rings (SSSR count). The molecular formula is C27H24N4O4. The minimum absolute atomic E-state index is 0.283. The lowest BCUT2D eigenvalue weighted by Crippen LogP contribution is -2.14. The Morgan fingerprint density at radius 3 is 2.57 bits per heavy atom. The zero-order chi connectivity index (χ0) is 24.4. The van der Waals surface area contributed by atoms with E-state index in [0.717, 1.165) is 22.5 Å². The zero-order valence-corrected chi connectivity index (χ0v) is 19.6. The number of rotatable bonds is 7. The molecule has 35 heavy (non-hydrogen) atoms. The summed E-state index contributed by atoms with van der Waals surface area (Å²) >= 11 is 0. The molecule has 0 fully saturated rings. The van der Waals surface area contributed by atoms with E-state index in [4.69, 9.17) is 19.0 Å². The molecule has 3 heterocycles. The molecule has 5 aromatic rings. The maximum absolute atomic E-state index is 13.3. The summed E-state index contributed by atoms with van der Waals surface area (Å²) in [4.78, 5) is 18.0. The lowest BCUT2D eigenvalue weighted by Gasteiger charge is -2.13. The van der Waals surface area contributed by atoms with Gasteiger partial charge in [0, 0.05) is 17.3 Å². The second kappa shape index (κ2) is 9.34. The van der Waals surface area contributed by atoms with Crippen LogP contribution in [0.15, 0.2) is 77.4 Å². The standard InChI is InChI=1S/C27H24N4O4/c1-17-21(18(2)35-30-17)16-34-22-13-12-20(15-23(22)33-3)27(32)29-26-25(19-9-5-4-6-10-19)28-24-11-7-8-14-31(24)26/h4-15H,16H2,1-3H3,(H,29,32). The summed E-state index contributed by atoms with van der Waals surface area (Å²) in [5.74, 6) is 1.98. The van der Waals surface area contributed by atoms with Crippen LogP contribution in [0, 0.1) is 13.8 Å². The van der Waals surface area contributed by atoms with Crippen LogP contribution in [-0.4, -0.2) is 27.6 Å². The van der Waals surface area contributed by atoms with E-state index in [0.29, 0.717) is 34.3 Å². The highest BCUT2D eigenvalue weighted by molar-refractivity contribution is 6.06. The van der Waals surface area contributed by atoms with Crippen molar-refractivity contribution in [1.29, 1.82) is 0 Å². The molecule has 0 aliphatic rings. The number of nitrogens with one attached hydrogen (secondary N) is 1. The van der Waals surface area contributed by atoms with Gasteiger partial charge in [0.15, 0.2) is 11.5 Å². The highest BCUT2D eigenvalue weighted by atomic mass is 16.5. The van der Waals surface area contributed by atoms with E-state index in [2.05, 4.69) is 10.5 Å². The van der Waals surface area contributed by atoms with Gasteiger partial charge in [-0.1, -0.05) is 41.6 Å². The van der Waals surface area contributed by atoms with Crippen LogP contribution in [0.1, 0.15) is 27.4 Å². The number of ether oxygens (including phenoxy) is 2. The Balaban J connectivity index is 1.42. The average molecular weight is 469 g/mol. The molecule has 0 aliphatic carbocycles. The fraction of sp³-hybridized carbons (Fsp3) is 0.148. The molecular weight excluding hydrogens is 444 g/mol. The van der Waals surface area contributed by atoms with Gasteiger partial charge in [-0.2, -0.15) is 0 Å². The molecule has 3 aromatic heterocycles. The molecule has 0 unspecified atom stereocenters. The smallest absolute Gasteiger partial charge is 0.256 e. The summed E-state index contributed by atoms with van der Waals surface area (Å²) < 4.78 is 18.5. The van der Waals surface area contributed by atoms with Gasteiger partial charge < -0.3 is 19.3 Å². The first kappa shape index (κ1) is 22.2. The van der Waals surface area contributed by atoms with Gasteiger partial charge in [0.2, 0.25) is 0 Å². The summed E-state index contributed by atoms with van der Waals surface area (Å²) in [5, 5.41) is 6.98. The van der Waals surface area contributed by atoms with Crippen molar-refractivity contribution in [1.82, 2.24) is 14.5 Å². The summed E-state index contributed by atoms with van der Waals surface area (Å²) in [5.41, 5.74) is 4.43. The Bertz CT molecular complexity index is 1490. The van der Waals surface area contributed by atoms with Crippen molar-refractivity contribution in [3.63, 3.8) is 0 Å². The number of benzene rings is 2. The predicted molar refractivity (Wildman–Crippen MR) is 132 cm³/mol. The van der Waals surface area contributed by atoms with E-state index in [1.807, 2.05) is 73.0 Å². The molecule has 0 aliphatic heterocycles. The van der Waals surface area contributed by atoms with Gasteiger partial charge in [-0.3, -0.25) is 9.20 Å². The topological polar surface area (TPSA) is 90.9 Å². The number of hydrogen-bond acceptors (Lipinski definition) is 6. The van der Waals surface area contributed by atoms with E-state index < -0.39 is 0 Å². The van der Waals surface area contributed by atoms with E-state index in [1.54, 1.807) is 18.2 Å². The molecule has 0 spiro atoms. The number of amides is 1. The van der Waals surface area contributed by atoms with Gasteiger partial charge in [0.05, 0.1) is 18.4 Å². The minimum Gasteiger partial charge on any atom is -0.493 e. The van der Waals surface area contributed by atoms with Crippen molar-refractivity contribution in [2.75, 3.05) is 12.4 Å². The van der Waals surface area contributed by atoms with Gasteiger partial charge >= 0.3 is 0 Å². The SMILES string of the molecule is COc1cc(C(=O)Nc2c(-c3ccccc3)nc3ccccn23)ccc1OCc1c(C)noc1C. The Labute approximate surface area is 202 Å². The Kier molecular flexibility index (Phi) is 5.93. The summed E-state index contributed by atoms with van der Waals surface area (Å²) in [6.45, 7) is 3.99. The molecule has 0 bridgehead atoms. The number of pyridine rings is 1. The van der Waals surface area contributed by atoms with Crippen molar-refractivity contribution in [2.24, 2.45) is 0 Å². The molecule has 8 nitrogen and oxygen atoms in total. The lowest BCUT2D eigenvalue weighted by atomic mass is 10.1. The van der Waals surface area contributed by atoms with Crippen molar-refractivity contribution in [3.05, 3.63) is 95.5 Å². The Hall–Kier alpha value is -4.59. The minimum atomic E-state index is -0.289. The van der Waals surface area contributed by atoms with Crippen molar-refractivity contribution in [3.8, 4) is 22.8 Å². The normalized spacial score (nSPS) is 10.9. The van der Waals surface area contributed by atoms with Gasteiger partial charge in [-0.05, 0) is 44.2 Å². The number of aryl methyl sites for hydroxylation is 2. The molecule has 0 atom stereocenters. The molecule has 1 amide bonds. The van der Waals surface area contributed by atoms with Crippen molar-refractivity contribution in [2.45, 2.75) is 20.5 Å². The number of carbonyl (C=O) groups is 1. The van der Waals surface area contributed by atoms with Crippen LogP contribution in [0.25, 0.3) is 16.9 Å². The van der Waals surface area contributed by atoms with Gasteiger partial charge in [-0.15, -0.1) is 0 Å². The number of carbonyl (C=O) groups excluding carboxylic acids is 1. The number of aromatic nitrogens is 3. The van der Waals surface area contributed by atoms with Crippen LogP contribution < -0.4 is 14.8 Å². The maximum atomic E-state index is 13.3. The molecule has 8 heteroatoms. The first-order valence-corrected chi connectivity index (χ1v) is 11.1. The first-order chi connectivity index (χ1) is 17.0. The molecule has 0 saturated carbocycles. The van der Waals surface area contributed by atoms with Gasteiger partial charge in [0.25, 0.3) is 5.91 Å². The third-order valence-electron chi connectivity index (χ3n) is 5.79. The van der Waals surface area contributed by atoms with Crippen LogP contribution in [0.2, 0.25) is 0 Å². The molecule has 2 aromatic carbocycles. The highest BCUT2D eigenvalue weighted by Crippen LogP contribution is 2.32. The monoisotopic (exact) mass is 468 g/mol. The number of fused-ring (bicyclic) bond motifs is 1. The van der Waals surface area contributed by atoms with Gasteiger partial charge in [-0.25, -0.2) is 4.98 Å². The van der Waals surface area contributed by atoms with Gasteiger partial charge in [0.1, 0.15) is 29.5 Å². The quantitative estimate of drug-likeness (QED) is 0.342. The van der Waals surface area contributed by atoms with Crippen molar-refractivity contribution < 1.29 is 18.8 Å². The average Bonchev–Trinajstić information content (AvgIpc) is 3.42.